The normalized spacial score (nSPS) is 12.3. The Bertz CT molecular complexity index is 1030. The standard InChI is InChI=1S/C19H25FN2O5S2/c1-4-22(5-2)29(25,26)17-9-6-15(7-10-17)12-13-21-28(23,24)19-14-16(20)8-11-18(19)27-3/h6-11,14,21H,4-5,12-13H2,1-3H3. The van der Waals surface area contributed by atoms with Gasteiger partial charge in [0.15, 0.2) is 0 Å². The molecule has 0 aliphatic rings. The van der Waals surface area contributed by atoms with Crippen molar-refractivity contribution < 1.29 is 26.0 Å². The third kappa shape index (κ3) is 5.53. The van der Waals surface area contributed by atoms with Gasteiger partial charge in [0.1, 0.15) is 16.5 Å². The highest BCUT2D eigenvalue weighted by atomic mass is 32.2. The maximum Gasteiger partial charge on any atom is 0.244 e. The number of benzene rings is 2. The Labute approximate surface area is 171 Å². The van der Waals surface area contributed by atoms with Crippen molar-refractivity contribution in [2.45, 2.75) is 30.1 Å². The smallest absolute Gasteiger partial charge is 0.244 e. The number of methoxy groups -OCH3 is 1. The van der Waals surface area contributed by atoms with Gasteiger partial charge in [-0.3, -0.25) is 0 Å². The van der Waals surface area contributed by atoms with Crippen LogP contribution in [0.15, 0.2) is 52.3 Å². The minimum absolute atomic E-state index is 0.0462. The largest absolute Gasteiger partial charge is 0.495 e. The number of hydrogen-bond donors (Lipinski definition) is 1. The number of sulfonamides is 2. The van der Waals surface area contributed by atoms with Gasteiger partial charge in [0.25, 0.3) is 0 Å². The first-order valence-electron chi connectivity index (χ1n) is 9.08. The molecule has 0 radical (unpaired) electrons. The van der Waals surface area contributed by atoms with Crippen LogP contribution in [-0.2, 0) is 26.5 Å². The Morgan fingerprint density at radius 2 is 1.62 bits per heavy atom. The van der Waals surface area contributed by atoms with Gasteiger partial charge in [0.2, 0.25) is 20.0 Å². The van der Waals surface area contributed by atoms with Crippen LogP contribution in [0.4, 0.5) is 4.39 Å². The van der Waals surface area contributed by atoms with Crippen molar-refractivity contribution in [1.29, 1.82) is 0 Å². The van der Waals surface area contributed by atoms with Crippen LogP contribution in [0, 0.1) is 5.82 Å². The van der Waals surface area contributed by atoms with Crippen molar-refractivity contribution >= 4 is 20.0 Å². The molecule has 29 heavy (non-hydrogen) atoms. The molecule has 2 aromatic rings. The van der Waals surface area contributed by atoms with E-state index < -0.39 is 25.9 Å². The molecule has 0 saturated carbocycles. The molecule has 0 unspecified atom stereocenters. The molecule has 0 atom stereocenters. The van der Waals surface area contributed by atoms with Gasteiger partial charge in [0, 0.05) is 19.6 Å². The Balaban J connectivity index is 2.07. The van der Waals surface area contributed by atoms with Gasteiger partial charge in [-0.15, -0.1) is 0 Å². The lowest BCUT2D eigenvalue weighted by molar-refractivity contribution is 0.400. The number of halogens is 1. The van der Waals surface area contributed by atoms with Gasteiger partial charge in [-0.2, -0.15) is 4.31 Å². The molecule has 0 aliphatic heterocycles. The first-order chi connectivity index (χ1) is 13.7. The van der Waals surface area contributed by atoms with Gasteiger partial charge in [-0.05, 0) is 42.3 Å². The number of rotatable bonds is 10. The first kappa shape index (κ1) is 23.3. The highest BCUT2D eigenvalue weighted by molar-refractivity contribution is 7.89. The summed E-state index contributed by atoms with van der Waals surface area (Å²) in [5.74, 6) is -0.638. The molecule has 0 aromatic heterocycles. The zero-order chi connectivity index (χ0) is 21.7. The van der Waals surface area contributed by atoms with E-state index in [1.807, 2.05) is 0 Å². The Morgan fingerprint density at radius 1 is 1.00 bits per heavy atom. The Kier molecular flexibility index (Phi) is 7.75. The minimum Gasteiger partial charge on any atom is -0.495 e. The van der Waals surface area contributed by atoms with Gasteiger partial charge in [-0.25, -0.2) is 25.9 Å². The maximum absolute atomic E-state index is 13.4. The summed E-state index contributed by atoms with van der Waals surface area (Å²) >= 11 is 0. The fraction of sp³-hybridized carbons (Fsp3) is 0.368. The van der Waals surface area contributed by atoms with Crippen LogP contribution in [-0.4, -0.2) is 47.9 Å². The molecule has 0 spiro atoms. The average molecular weight is 445 g/mol. The Morgan fingerprint density at radius 3 is 2.17 bits per heavy atom. The summed E-state index contributed by atoms with van der Waals surface area (Å²) < 4.78 is 72.1. The van der Waals surface area contributed by atoms with Crippen molar-refractivity contribution in [1.82, 2.24) is 9.03 Å². The summed E-state index contributed by atoms with van der Waals surface area (Å²) in [5.41, 5.74) is 0.761. The van der Waals surface area contributed by atoms with Crippen LogP contribution >= 0.6 is 0 Å². The second-order valence-electron chi connectivity index (χ2n) is 6.18. The molecule has 0 amide bonds. The van der Waals surface area contributed by atoms with E-state index in [-0.39, 0.29) is 22.1 Å². The molecule has 10 heteroatoms. The fourth-order valence-corrected chi connectivity index (χ4v) is 5.48. The van der Waals surface area contributed by atoms with Crippen molar-refractivity contribution in [3.8, 4) is 5.75 Å². The third-order valence-electron chi connectivity index (χ3n) is 4.39. The molecule has 0 saturated heterocycles. The van der Waals surface area contributed by atoms with Crippen LogP contribution in [0.2, 0.25) is 0 Å². The molecule has 7 nitrogen and oxygen atoms in total. The summed E-state index contributed by atoms with van der Waals surface area (Å²) in [4.78, 5) is -0.0873. The Hall–Kier alpha value is -2.01. The zero-order valence-electron chi connectivity index (χ0n) is 16.6. The van der Waals surface area contributed by atoms with E-state index in [2.05, 4.69) is 4.72 Å². The molecular weight excluding hydrogens is 419 g/mol. The first-order valence-corrected chi connectivity index (χ1v) is 12.0. The number of hydrogen-bond acceptors (Lipinski definition) is 5. The molecule has 0 heterocycles. The van der Waals surface area contributed by atoms with Crippen molar-refractivity contribution in [3.63, 3.8) is 0 Å². The van der Waals surface area contributed by atoms with E-state index in [4.69, 9.17) is 4.74 Å². The summed E-state index contributed by atoms with van der Waals surface area (Å²) in [6, 6.07) is 9.57. The van der Waals surface area contributed by atoms with E-state index in [0.717, 1.165) is 17.7 Å². The van der Waals surface area contributed by atoms with Gasteiger partial charge in [0.05, 0.1) is 12.0 Å². The van der Waals surface area contributed by atoms with Gasteiger partial charge >= 0.3 is 0 Å². The van der Waals surface area contributed by atoms with E-state index >= 15 is 0 Å². The summed E-state index contributed by atoms with van der Waals surface area (Å²) in [5, 5.41) is 0. The molecule has 160 valence electrons. The molecule has 0 aliphatic carbocycles. The molecular formula is C19H25FN2O5S2. The lowest BCUT2D eigenvalue weighted by Crippen LogP contribution is -2.30. The zero-order valence-corrected chi connectivity index (χ0v) is 18.2. The summed E-state index contributed by atoms with van der Waals surface area (Å²) in [6.45, 7) is 4.37. The van der Waals surface area contributed by atoms with Crippen molar-refractivity contribution in [2.24, 2.45) is 0 Å². The monoisotopic (exact) mass is 444 g/mol. The lowest BCUT2D eigenvalue weighted by Gasteiger charge is -2.18. The quantitative estimate of drug-likeness (QED) is 0.607. The van der Waals surface area contributed by atoms with Crippen LogP contribution in [0.5, 0.6) is 5.75 Å². The summed E-state index contributed by atoms with van der Waals surface area (Å²) in [7, 11) is -6.19. The predicted molar refractivity (Wildman–Crippen MR) is 108 cm³/mol. The van der Waals surface area contributed by atoms with E-state index in [0.29, 0.717) is 19.5 Å². The average Bonchev–Trinajstić information content (AvgIpc) is 2.69. The fourth-order valence-electron chi connectivity index (χ4n) is 2.81. The van der Waals surface area contributed by atoms with Crippen LogP contribution < -0.4 is 9.46 Å². The molecule has 0 fully saturated rings. The van der Waals surface area contributed by atoms with Crippen LogP contribution in [0.25, 0.3) is 0 Å². The molecule has 2 aromatic carbocycles. The van der Waals surface area contributed by atoms with Gasteiger partial charge < -0.3 is 4.74 Å². The highest BCUT2D eigenvalue weighted by Gasteiger charge is 2.22. The lowest BCUT2D eigenvalue weighted by atomic mass is 10.2. The van der Waals surface area contributed by atoms with E-state index in [1.165, 1.54) is 29.6 Å². The second kappa shape index (κ2) is 9.66. The molecule has 2 rings (SSSR count). The van der Waals surface area contributed by atoms with E-state index in [9.17, 15) is 21.2 Å². The molecule has 0 bridgehead atoms. The highest BCUT2D eigenvalue weighted by Crippen LogP contribution is 2.24. The van der Waals surface area contributed by atoms with Crippen molar-refractivity contribution in [3.05, 3.63) is 53.8 Å². The SMILES string of the molecule is CCN(CC)S(=O)(=O)c1ccc(CCNS(=O)(=O)c2cc(F)ccc2OC)cc1. The van der Waals surface area contributed by atoms with Gasteiger partial charge in [-0.1, -0.05) is 26.0 Å². The predicted octanol–water partition coefficient (Wildman–Crippen LogP) is 2.39. The van der Waals surface area contributed by atoms with E-state index in [1.54, 1.807) is 26.0 Å². The topological polar surface area (TPSA) is 92.8 Å². The third-order valence-corrected chi connectivity index (χ3v) is 7.93. The van der Waals surface area contributed by atoms with Crippen LogP contribution in [0.3, 0.4) is 0 Å². The number of ether oxygens (including phenoxy) is 1. The van der Waals surface area contributed by atoms with Crippen LogP contribution in [0.1, 0.15) is 19.4 Å². The summed E-state index contributed by atoms with van der Waals surface area (Å²) in [6.07, 6.45) is 0.336. The number of nitrogens with one attached hydrogen (secondary N) is 1. The number of nitrogens with zero attached hydrogens (tertiary/aromatic N) is 1. The maximum atomic E-state index is 13.4. The minimum atomic E-state index is -3.96. The molecule has 1 N–H and O–H groups in total. The van der Waals surface area contributed by atoms with Crippen molar-refractivity contribution in [2.75, 3.05) is 26.7 Å². The second-order valence-corrected chi connectivity index (χ2v) is 9.85.